The molecule has 96 valence electrons. The largest absolute Gasteiger partial charge is 0.495 e. The molecule has 0 spiro atoms. The summed E-state index contributed by atoms with van der Waals surface area (Å²) in [7, 11) is 1.45. The van der Waals surface area contributed by atoms with Gasteiger partial charge in [0.2, 0.25) is 10.0 Å². The molecule has 0 aliphatic carbocycles. The van der Waals surface area contributed by atoms with Gasteiger partial charge in [0.05, 0.1) is 18.6 Å². The van der Waals surface area contributed by atoms with Crippen molar-refractivity contribution in [2.75, 3.05) is 37.8 Å². The molecular formula is C11H18N2O3S. The van der Waals surface area contributed by atoms with E-state index in [0.717, 1.165) is 0 Å². The molecule has 6 heteroatoms. The molecule has 0 radical (unpaired) electrons. The summed E-state index contributed by atoms with van der Waals surface area (Å²) in [5.41, 5.74) is 0.547. The number of nitrogens with one attached hydrogen (secondary N) is 1. The molecule has 1 aromatic rings. The van der Waals surface area contributed by atoms with Crippen LogP contribution in [-0.4, -0.2) is 41.9 Å². The molecule has 0 saturated heterocycles. The maximum absolute atomic E-state index is 12.0. The Morgan fingerprint density at radius 1 is 1.35 bits per heavy atom. The molecule has 1 rings (SSSR count). The lowest BCUT2D eigenvalue weighted by Gasteiger charge is -2.21. The van der Waals surface area contributed by atoms with E-state index in [9.17, 15) is 8.42 Å². The van der Waals surface area contributed by atoms with Gasteiger partial charge < -0.3 is 10.1 Å². The van der Waals surface area contributed by atoms with Gasteiger partial charge in [-0.25, -0.2) is 8.42 Å². The van der Waals surface area contributed by atoms with E-state index >= 15 is 0 Å². The van der Waals surface area contributed by atoms with Crippen LogP contribution in [0.25, 0.3) is 0 Å². The van der Waals surface area contributed by atoms with Gasteiger partial charge in [-0.2, -0.15) is 0 Å². The molecule has 0 aliphatic rings. The number of hydrogen-bond donors (Lipinski definition) is 1. The quantitative estimate of drug-likeness (QED) is 0.815. The molecule has 5 nitrogen and oxygen atoms in total. The highest BCUT2D eigenvalue weighted by Gasteiger charge is 2.20. The Morgan fingerprint density at radius 3 is 2.59 bits per heavy atom. The van der Waals surface area contributed by atoms with Crippen molar-refractivity contribution in [2.24, 2.45) is 0 Å². The maximum atomic E-state index is 12.0. The normalized spacial score (nSPS) is 11.2. The van der Waals surface area contributed by atoms with E-state index in [2.05, 4.69) is 5.32 Å². The average Bonchev–Trinajstić information content (AvgIpc) is 2.35. The van der Waals surface area contributed by atoms with Crippen molar-refractivity contribution in [3.63, 3.8) is 0 Å². The van der Waals surface area contributed by atoms with Crippen molar-refractivity contribution in [3.8, 4) is 5.75 Å². The summed E-state index contributed by atoms with van der Waals surface area (Å²) >= 11 is 0. The zero-order valence-electron chi connectivity index (χ0n) is 10.3. The number of hydrogen-bond acceptors (Lipinski definition) is 4. The molecular weight excluding hydrogens is 240 g/mol. The third-order valence-electron chi connectivity index (χ3n) is 2.45. The first-order valence-corrected chi connectivity index (χ1v) is 6.88. The summed E-state index contributed by atoms with van der Waals surface area (Å²) in [5, 5.41) is 2.82. The van der Waals surface area contributed by atoms with Gasteiger partial charge in [0.15, 0.2) is 0 Å². The smallest absolute Gasteiger partial charge is 0.236 e. The second-order valence-electron chi connectivity index (χ2n) is 3.56. The average molecular weight is 258 g/mol. The molecule has 0 aliphatic heterocycles. The third-order valence-corrected chi connectivity index (χ3v) is 4.20. The lowest BCUT2D eigenvalue weighted by molar-refractivity contribution is 0.416. The molecule has 1 N–H and O–H groups in total. The van der Waals surface area contributed by atoms with Gasteiger partial charge in [0.1, 0.15) is 5.75 Å². The molecule has 1 aromatic carbocycles. The van der Waals surface area contributed by atoms with Crippen molar-refractivity contribution in [2.45, 2.75) is 0 Å². The van der Waals surface area contributed by atoms with Crippen LogP contribution in [-0.2, 0) is 10.0 Å². The lowest BCUT2D eigenvalue weighted by Crippen LogP contribution is -2.33. The number of benzene rings is 1. The Morgan fingerprint density at radius 2 is 2.00 bits per heavy atom. The molecule has 0 amide bonds. The van der Waals surface area contributed by atoms with Gasteiger partial charge in [-0.1, -0.05) is 12.1 Å². The first-order valence-electron chi connectivity index (χ1n) is 5.27. The number of methoxy groups -OCH3 is 1. The Hall–Kier alpha value is -1.27. The monoisotopic (exact) mass is 258 g/mol. The van der Waals surface area contributed by atoms with Gasteiger partial charge >= 0.3 is 0 Å². The fraction of sp³-hybridized carbons (Fsp3) is 0.455. The molecule has 0 bridgehead atoms. The number of nitrogens with zero attached hydrogens (tertiary/aromatic N) is 1. The fourth-order valence-electron chi connectivity index (χ4n) is 1.41. The highest BCUT2D eigenvalue weighted by atomic mass is 32.2. The van der Waals surface area contributed by atoms with Gasteiger partial charge in [-0.3, -0.25) is 4.31 Å². The van der Waals surface area contributed by atoms with Crippen molar-refractivity contribution < 1.29 is 13.2 Å². The predicted octanol–water partition coefficient (Wildman–Crippen LogP) is 0.681. The van der Waals surface area contributed by atoms with Crippen molar-refractivity contribution in [3.05, 3.63) is 24.3 Å². The number of sulfonamides is 1. The van der Waals surface area contributed by atoms with E-state index in [1.807, 2.05) is 0 Å². The van der Waals surface area contributed by atoms with E-state index < -0.39 is 10.0 Å². The summed E-state index contributed by atoms with van der Waals surface area (Å²) in [6.07, 6.45) is 0. The SMILES string of the molecule is CNCCS(=O)(=O)N(C)c1ccccc1OC. The Bertz CT molecular complexity index is 460. The summed E-state index contributed by atoms with van der Waals surface area (Å²) in [6.45, 7) is 0.418. The molecule has 0 atom stereocenters. The second-order valence-corrected chi connectivity index (χ2v) is 5.68. The molecule has 0 heterocycles. The number of anilines is 1. The molecule has 0 unspecified atom stereocenters. The predicted molar refractivity (Wildman–Crippen MR) is 69.1 cm³/mol. The Kier molecular flexibility index (Phi) is 4.77. The van der Waals surface area contributed by atoms with E-state index in [1.165, 1.54) is 18.5 Å². The first-order chi connectivity index (χ1) is 8.03. The fourth-order valence-corrected chi connectivity index (χ4v) is 2.59. The molecule has 17 heavy (non-hydrogen) atoms. The van der Waals surface area contributed by atoms with Crippen molar-refractivity contribution in [1.82, 2.24) is 5.32 Å². The van der Waals surface area contributed by atoms with Crippen LogP contribution in [0.2, 0.25) is 0 Å². The highest BCUT2D eigenvalue weighted by Crippen LogP contribution is 2.28. The van der Waals surface area contributed by atoms with Crippen molar-refractivity contribution >= 4 is 15.7 Å². The van der Waals surface area contributed by atoms with Crippen LogP contribution in [0.15, 0.2) is 24.3 Å². The second kappa shape index (κ2) is 5.88. The standard InChI is InChI=1S/C11H18N2O3S/c1-12-8-9-17(14,15)13(2)10-6-4-5-7-11(10)16-3/h4-7,12H,8-9H2,1-3H3. The minimum Gasteiger partial charge on any atom is -0.495 e. The summed E-state index contributed by atoms with van der Waals surface area (Å²) in [5.74, 6) is 0.598. The van der Waals surface area contributed by atoms with Crippen molar-refractivity contribution in [1.29, 1.82) is 0 Å². The Balaban J connectivity index is 2.99. The zero-order valence-corrected chi connectivity index (χ0v) is 11.1. The van der Waals surface area contributed by atoms with Crippen LogP contribution in [0.1, 0.15) is 0 Å². The number of para-hydroxylation sites is 2. The third kappa shape index (κ3) is 3.34. The summed E-state index contributed by atoms with van der Waals surface area (Å²) in [6, 6.07) is 7.04. The van der Waals surface area contributed by atoms with Crippen LogP contribution >= 0.6 is 0 Å². The van der Waals surface area contributed by atoms with Crippen LogP contribution in [0, 0.1) is 0 Å². The minimum atomic E-state index is -3.32. The van der Waals surface area contributed by atoms with Crippen LogP contribution in [0.3, 0.4) is 0 Å². The van der Waals surface area contributed by atoms with E-state index in [1.54, 1.807) is 31.3 Å². The van der Waals surface area contributed by atoms with Gasteiger partial charge in [-0.15, -0.1) is 0 Å². The van der Waals surface area contributed by atoms with E-state index in [-0.39, 0.29) is 5.75 Å². The maximum Gasteiger partial charge on any atom is 0.236 e. The number of rotatable bonds is 6. The summed E-state index contributed by atoms with van der Waals surface area (Å²) < 4.78 is 30.4. The lowest BCUT2D eigenvalue weighted by atomic mass is 10.3. The van der Waals surface area contributed by atoms with E-state index in [0.29, 0.717) is 18.0 Å². The topological polar surface area (TPSA) is 58.6 Å². The molecule has 0 saturated carbocycles. The van der Waals surface area contributed by atoms with Crippen LogP contribution in [0.4, 0.5) is 5.69 Å². The van der Waals surface area contributed by atoms with Gasteiger partial charge in [0, 0.05) is 13.6 Å². The van der Waals surface area contributed by atoms with Gasteiger partial charge in [0.25, 0.3) is 0 Å². The zero-order chi connectivity index (χ0) is 12.9. The molecule has 0 aromatic heterocycles. The van der Waals surface area contributed by atoms with E-state index in [4.69, 9.17) is 4.74 Å². The first kappa shape index (κ1) is 13.8. The summed E-state index contributed by atoms with van der Waals surface area (Å²) in [4.78, 5) is 0. The highest BCUT2D eigenvalue weighted by molar-refractivity contribution is 7.92. The van der Waals surface area contributed by atoms with Crippen LogP contribution < -0.4 is 14.4 Å². The minimum absolute atomic E-state index is 0.0536. The Labute approximate surface area is 102 Å². The van der Waals surface area contributed by atoms with Crippen LogP contribution in [0.5, 0.6) is 5.75 Å². The molecule has 0 fully saturated rings. The number of ether oxygens (including phenoxy) is 1. The van der Waals surface area contributed by atoms with Gasteiger partial charge in [-0.05, 0) is 19.2 Å².